The summed E-state index contributed by atoms with van der Waals surface area (Å²) in [7, 11) is 0. The first-order valence-corrected chi connectivity index (χ1v) is 14.2. The van der Waals surface area contributed by atoms with E-state index >= 15 is 0 Å². The van der Waals surface area contributed by atoms with E-state index in [-0.39, 0.29) is 10.8 Å². The van der Waals surface area contributed by atoms with Crippen molar-refractivity contribution in [3.63, 3.8) is 0 Å². The predicted octanol–water partition coefficient (Wildman–Crippen LogP) is 8.65. The Morgan fingerprint density at radius 1 is 0.970 bits per heavy atom. The molecule has 0 aromatic carbocycles. The van der Waals surface area contributed by atoms with Crippen LogP contribution >= 0.6 is 0 Å². The van der Waals surface area contributed by atoms with Gasteiger partial charge in [0.05, 0.1) is 0 Å². The largest absolute Gasteiger partial charge is 0.299 e. The minimum absolute atomic E-state index is 0.0418. The number of Topliss-reactive ketones (excluding diaryl/α,β-unsaturated/α-hetero) is 1. The molecule has 0 aromatic rings. The Morgan fingerprint density at radius 2 is 1.73 bits per heavy atom. The molecular weight excluding hydrogens is 404 g/mol. The Labute approximate surface area is 204 Å². The van der Waals surface area contributed by atoms with E-state index < -0.39 is 0 Å². The van der Waals surface area contributed by atoms with Crippen molar-refractivity contribution in [1.29, 1.82) is 0 Å². The maximum atomic E-state index is 12.6. The SMILES string of the molecule is C=CCCCC.CCCCCC[C@@H]1CC(=O)C=C2CC[C@@H]3[C@H](CC[C@]4(C)C(=O)CC[C@@H]34)[C@]21C. The van der Waals surface area contributed by atoms with Crippen LogP contribution in [0.2, 0.25) is 0 Å². The van der Waals surface area contributed by atoms with Gasteiger partial charge in [-0.25, -0.2) is 0 Å². The number of allylic oxidation sites excluding steroid dienone is 2. The second-order valence-corrected chi connectivity index (χ2v) is 11.9. The van der Waals surface area contributed by atoms with Crippen molar-refractivity contribution in [2.24, 2.45) is 34.5 Å². The number of rotatable bonds is 8. The van der Waals surface area contributed by atoms with Crippen molar-refractivity contribution >= 4 is 11.6 Å². The minimum atomic E-state index is -0.0418. The van der Waals surface area contributed by atoms with Gasteiger partial charge < -0.3 is 0 Å². The molecule has 4 aliphatic rings. The topological polar surface area (TPSA) is 34.1 Å². The third-order valence-corrected chi connectivity index (χ3v) is 10.2. The van der Waals surface area contributed by atoms with Crippen LogP contribution in [0.1, 0.15) is 124 Å². The molecule has 0 heterocycles. The maximum absolute atomic E-state index is 12.6. The molecule has 0 radical (unpaired) electrons. The number of carbonyl (C=O) groups is 2. The van der Waals surface area contributed by atoms with Crippen molar-refractivity contribution in [3.05, 3.63) is 24.3 Å². The number of unbranched alkanes of at least 4 members (excludes halogenated alkanes) is 5. The highest BCUT2D eigenvalue weighted by molar-refractivity contribution is 5.92. The van der Waals surface area contributed by atoms with E-state index in [1.807, 2.05) is 12.2 Å². The summed E-state index contributed by atoms with van der Waals surface area (Å²) in [5.74, 6) is 3.41. The Kier molecular flexibility index (Phi) is 9.21. The lowest BCUT2D eigenvalue weighted by molar-refractivity contribution is -0.134. The van der Waals surface area contributed by atoms with E-state index in [4.69, 9.17) is 0 Å². The van der Waals surface area contributed by atoms with E-state index in [0.29, 0.717) is 35.2 Å². The van der Waals surface area contributed by atoms with E-state index in [9.17, 15) is 9.59 Å². The molecule has 0 aromatic heterocycles. The molecule has 0 amide bonds. The van der Waals surface area contributed by atoms with Crippen LogP contribution in [0.15, 0.2) is 24.3 Å². The Balaban J connectivity index is 0.000000454. The lowest BCUT2D eigenvalue weighted by Gasteiger charge is -2.59. The zero-order valence-electron chi connectivity index (χ0n) is 22.1. The fraction of sp³-hybridized carbons (Fsp3) is 0.806. The average molecular weight is 455 g/mol. The van der Waals surface area contributed by atoms with Gasteiger partial charge in [0.1, 0.15) is 5.78 Å². The fourth-order valence-electron chi connectivity index (χ4n) is 8.10. The zero-order chi connectivity index (χ0) is 24.1. The van der Waals surface area contributed by atoms with Gasteiger partial charge in [-0.2, -0.15) is 0 Å². The molecule has 2 nitrogen and oxygen atoms in total. The number of carbonyl (C=O) groups excluding carboxylic acids is 2. The van der Waals surface area contributed by atoms with Gasteiger partial charge in [0.15, 0.2) is 5.78 Å². The summed E-state index contributed by atoms with van der Waals surface area (Å²) in [6.07, 6.45) is 21.4. The molecule has 6 atom stereocenters. The Bertz CT molecular complexity index is 733. The van der Waals surface area contributed by atoms with Crippen molar-refractivity contribution in [3.8, 4) is 0 Å². The molecule has 0 aliphatic heterocycles. The molecule has 4 rings (SSSR count). The minimum Gasteiger partial charge on any atom is -0.299 e. The third-order valence-electron chi connectivity index (χ3n) is 10.2. The summed E-state index contributed by atoms with van der Waals surface area (Å²) in [5, 5.41) is 0. The first-order valence-electron chi connectivity index (χ1n) is 14.2. The lowest BCUT2D eigenvalue weighted by Crippen LogP contribution is -2.53. The molecule has 0 bridgehead atoms. The normalized spacial score (nSPS) is 37.3. The van der Waals surface area contributed by atoms with Gasteiger partial charge in [0.25, 0.3) is 0 Å². The molecule has 0 spiro atoms. The van der Waals surface area contributed by atoms with Crippen molar-refractivity contribution in [2.45, 2.75) is 124 Å². The quantitative estimate of drug-likeness (QED) is 0.271. The monoisotopic (exact) mass is 454 g/mol. The van der Waals surface area contributed by atoms with Crippen molar-refractivity contribution in [2.75, 3.05) is 0 Å². The van der Waals surface area contributed by atoms with E-state index in [2.05, 4.69) is 34.3 Å². The van der Waals surface area contributed by atoms with Crippen molar-refractivity contribution < 1.29 is 9.59 Å². The predicted molar refractivity (Wildman–Crippen MR) is 139 cm³/mol. The van der Waals surface area contributed by atoms with Crippen LogP contribution in [0.4, 0.5) is 0 Å². The van der Waals surface area contributed by atoms with E-state index in [0.717, 1.165) is 32.1 Å². The molecule has 33 heavy (non-hydrogen) atoms. The molecule has 0 unspecified atom stereocenters. The number of hydrogen-bond donors (Lipinski definition) is 0. The Hall–Kier alpha value is -1.18. The molecule has 186 valence electrons. The second kappa shape index (κ2) is 11.5. The summed E-state index contributed by atoms with van der Waals surface area (Å²) >= 11 is 0. The Morgan fingerprint density at radius 3 is 2.39 bits per heavy atom. The number of fused-ring (bicyclic) bond motifs is 5. The molecular formula is C31H50O2. The van der Waals surface area contributed by atoms with Gasteiger partial charge in [-0.3, -0.25) is 9.59 Å². The first-order chi connectivity index (χ1) is 15.8. The zero-order valence-corrected chi connectivity index (χ0v) is 22.1. The number of ketones is 2. The van der Waals surface area contributed by atoms with Gasteiger partial charge >= 0.3 is 0 Å². The van der Waals surface area contributed by atoms with Crippen LogP contribution in [-0.2, 0) is 9.59 Å². The van der Waals surface area contributed by atoms with Gasteiger partial charge in [-0.05, 0) is 80.1 Å². The maximum Gasteiger partial charge on any atom is 0.155 e. The summed E-state index contributed by atoms with van der Waals surface area (Å²) in [6, 6.07) is 0. The van der Waals surface area contributed by atoms with Crippen LogP contribution in [0, 0.1) is 34.5 Å². The van der Waals surface area contributed by atoms with Gasteiger partial charge in [0, 0.05) is 18.3 Å². The van der Waals surface area contributed by atoms with Crippen LogP contribution in [-0.4, -0.2) is 11.6 Å². The average Bonchev–Trinajstić information content (AvgIpc) is 3.11. The summed E-state index contributed by atoms with van der Waals surface area (Å²) in [6.45, 7) is 12.8. The molecule has 3 fully saturated rings. The van der Waals surface area contributed by atoms with Crippen LogP contribution in [0.3, 0.4) is 0 Å². The van der Waals surface area contributed by atoms with Crippen LogP contribution in [0.5, 0.6) is 0 Å². The van der Waals surface area contributed by atoms with Gasteiger partial charge in [-0.1, -0.05) is 77.9 Å². The molecule has 4 aliphatic carbocycles. The lowest BCUT2D eigenvalue weighted by atomic mass is 9.45. The van der Waals surface area contributed by atoms with Gasteiger partial charge in [0.2, 0.25) is 0 Å². The number of hydrogen-bond acceptors (Lipinski definition) is 2. The summed E-state index contributed by atoms with van der Waals surface area (Å²) in [5.41, 5.74) is 1.63. The third kappa shape index (κ3) is 5.25. The van der Waals surface area contributed by atoms with Gasteiger partial charge in [-0.15, -0.1) is 6.58 Å². The molecule has 3 saturated carbocycles. The molecule has 0 N–H and O–H groups in total. The summed E-state index contributed by atoms with van der Waals surface area (Å²) in [4.78, 5) is 25.1. The standard InChI is InChI=1S/C25H38O2.C6H12/c1-4-5-6-7-8-17-15-19(26)16-18-9-10-20-21-11-12-23(27)24(21,2)14-13-22(20)25(17,18)3;1-3-5-6-4-2/h16-17,20-22H,4-15H2,1-3H3;3H,1,4-6H2,2H3/t17-,20+,21+,22+,24+,25+;/m1./s1. The highest BCUT2D eigenvalue weighted by Gasteiger charge is 2.60. The van der Waals surface area contributed by atoms with E-state index in [1.165, 1.54) is 69.8 Å². The smallest absolute Gasteiger partial charge is 0.155 e. The van der Waals surface area contributed by atoms with Crippen LogP contribution in [0.25, 0.3) is 0 Å². The fourth-order valence-corrected chi connectivity index (χ4v) is 8.10. The van der Waals surface area contributed by atoms with Crippen LogP contribution < -0.4 is 0 Å². The second-order valence-electron chi connectivity index (χ2n) is 11.9. The van der Waals surface area contributed by atoms with E-state index in [1.54, 1.807) is 0 Å². The summed E-state index contributed by atoms with van der Waals surface area (Å²) < 4.78 is 0. The van der Waals surface area contributed by atoms with Crippen molar-refractivity contribution in [1.82, 2.24) is 0 Å². The first kappa shape index (κ1) is 26.4. The molecule has 0 saturated heterocycles. The highest BCUT2D eigenvalue weighted by Crippen LogP contribution is 2.66. The molecule has 2 heteroatoms. The highest BCUT2D eigenvalue weighted by atomic mass is 16.1.